The highest BCUT2D eigenvalue weighted by Crippen LogP contribution is 2.47. The molecular formula is C59H40O. The van der Waals surface area contributed by atoms with Crippen molar-refractivity contribution in [2.24, 2.45) is 0 Å². The van der Waals surface area contributed by atoms with E-state index in [9.17, 15) is 4.79 Å². The van der Waals surface area contributed by atoms with Gasteiger partial charge in [-0.05, 0) is 111 Å². The lowest BCUT2D eigenvalue weighted by Crippen LogP contribution is -2.01. The number of rotatable bonds is 9. The van der Waals surface area contributed by atoms with Crippen molar-refractivity contribution in [3.8, 4) is 44.5 Å². The van der Waals surface area contributed by atoms with Crippen LogP contribution in [0.3, 0.4) is 0 Å². The van der Waals surface area contributed by atoms with Gasteiger partial charge in [0.05, 0.1) is 0 Å². The maximum atomic E-state index is 13.6. The molecular weight excluding hydrogens is 725 g/mol. The summed E-state index contributed by atoms with van der Waals surface area (Å²) in [6.45, 7) is 8.07. The Morgan fingerprint density at radius 2 is 0.733 bits per heavy atom. The van der Waals surface area contributed by atoms with Gasteiger partial charge in [-0.3, -0.25) is 4.79 Å². The Kier molecular flexibility index (Phi) is 9.40. The van der Waals surface area contributed by atoms with E-state index in [0.29, 0.717) is 11.1 Å². The summed E-state index contributed by atoms with van der Waals surface area (Å²) in [4.78, 5) is 13.6. The fraction of sp³-hybridized carbons (Fsp3) is 0. The van der Waals surface area contributed by atoms with Crippen LogP contribution in [0.5, 0.6) is 0 Å². The second-order valence-electron chi connectivity index (χ2n) is 15.2. The van der Waals surface area contributed by atoms with Crippen molar-refractivity contribution in [3.63, 3.8) is 0 Å². The van der Waals surface area contributed by atoms with E-state index in [1.807, 2.05) is 66.8 Å². The quantitative estimate of drug-likeness (QED) is 0.0813. The molecule has 0 unspecified atom stereocenters. The number of ketones is 1. The number of allylic oxidation sites excluding steroid dienone is 4. The van der Waals surface area contributed by atoms with Gasteiger partial charge >= 0.3 is 0 Å². The van der Waals surface area contributed by atoms with Gasteiger partial charge in [-0.25, -0.2) is 0 Å². The van der Waals surface area contributed by atoms with Gasteiger partial charge in [0, 0.05) is 11.1 Å². The highest BCUT2D eigenvalue weighted by molar-refractivity contribution is 6.24. The van der Waals surface area contributed by atoms with Crippen molar-refractivity contribution in [2.45, 2.75) is 0 Å². The number of carbonyl (C=O) groups is 1. The van der Waals surface area contributed by atoms with E-state index < -0.39 is 0 Å². The lowest BCUT2D eigenvalue weighted by atomic mass is 9.83. The molecule has 60 heavy (non-hydrogen) atoms. The normalized spacial score (nSPS) is 11.6. The molecule has 0 aliphatic rings. The monoisotopic (exact) mass is 764 g/mol. The maximum Gasteiger partial charge on any atom is 0.193 e. The highest BCUT2D eigenvalue weighted by Gasteiger charge is 2.20. The van der Waals surface area contributed by atoms with Crippen LogP contribution in [0.1, 0.15) is 21.5 Å². The van der Waals surface area contributed by atoms with Crippen LogP contribution >= 0.6 is 0 Å². The molecule has 0 bridgehead atoms. The molecule has 10 rings (SSSR count). The fourth-order valence-electron chi connectivity index (χ4n) is 9.12. The van der Waals surface area contributed by atoms with Crippen LogP contribution in [0.2, 0.25) is 0 Å². The van der Waals surface area contributed by atoms with Crippen molar-refractivity contribution >= 4 is 54.4 Å². The summed E-state index contributed by atoms with van der Waals surface area (Å²) in [5, 5.41) is 9.43. The number of benzene rings is 10. The van der Waals surface area contributed by atoms with Crippen molar-refractivity contribution < 1.29 is 4.79 Å². The number of carbonyl (C=O) groups excluding carboxylic acids is 1. The van der Waals surface area contributed by atoms with Gasteiger partial charge < -0.3 is 0 Å². The summed E-state index contributed by atoms with van der Waals surface area (Å²) in [6.07, 6.45) is 5.73. The number of hydrogen-bond donors (Lipinski definition) is 0. The molecule has 10 aromatic rings. The summed E-state index contributed by atoms with van der Waals surface area (Å²) in [7, 11) is 0. The first kappa shape index (κ1) is 36.5. The number of fused-ring (bicyclic) bond motifs is 4. The minimum atomic E-state index is 0.0181. The van der Waals surface area contributed by atoms with E-state index >= 15 is 0 Å². The molecule has 0 radical (unpaired) electrons. The predicted octanol–water partition coefficient (Wildman–Crippen LogP) is 16.0. The second-order valence-corrected chi connectivity index (χ2v) is 15.2. The van der Waals surface area contributed by atoms with E-state index in [2.05, 4.69) is 165 Å². The first-order chi connectivity index (χ1) is 29.6. The molecule has 0 heterocycles. The highest BCUT2D eigenvalue weighted by atomic mass is 16.1. The molecule has 0 atom stereocenters. The third-order valence-electron chi connectivity index (χ3n) is 11.8. The van der Waals surface area contributed by atoms with Gasteiger partial charge in [-0.2, -0.15) is 0 Å². The lowest BCUT2D eigenvalue weighted by Gasteiger charge is -2.20. The summed E-state index contributed by atoms with van der Waals surface area (Å²) < 4.78 is 0. The predicted molar refractivity (Wildman–Crippen MR) is 256 cm³/mol. The summed E-state index contributed by atoms with van der Waals surface area (Å²) in [5.41, 5.74) is 12.7. The molecule has 10 aromatic carbocycles. The van der Waals surface area contributed by atoms with Gasteiger partial charge in [-0.15, -0.1) is 0 Å². The Balaban J connectivity index is 1.16. The molecule has 0 aliphatic carbocycles. The maximum absolute atomic E-state index is 13.6. The van der Waals surface area contributed by atoms with Gasteiger partial charge in [0.1, 0.15) is 0 Å². The van der Waals surface area contributed by atoms with Crippen molar-refractivity contribution in [1.82, 2.24) is 0 Å². The zero-order chi connectivity index (χ0) is 40.6. The van der Waals surface area contributed by atoms with Crippen LogP contribution in [0.25, 0.3) is 93.2 Å². The van der Waals surface area contributed by atoms with E-state index in [4.69, 9.17) is 0 Å². The molecule has 1 heteroatoms. The van der Waals surface area contributed by atoms with Crippen LogP contribution < -0.4 is 0 Å². The van der Waals surface area contributed by atoms with Crippen LogP contribution in [0, 0.1) is 0 Å². The van der Waals surface area contributed by atoms with E-state index in [0.717, 1.165) is 44.2 Å². The van der Waals surface area contributed by atoms with E-state index in [1.54, 1.807) is 0 Å². The third-order valence-corrected chi connectivity index (χ3v) is 11.8. The average molecular weight is 765 g/mol. The lowest BCUT2D eigenvalue weighted by molar-refractivity contribution is 0.103. The first-order valence-corrected chi connectivity index (χ1v) is 20.4. The van der Waals surface area contributed by atoms with Gasteiger partial charge in [0.25, 0.3) is 0 Å². The molecule has 0 saturated carbocycles. The molecule has 0 N–H and O–H groups in total. The minimum absolute atomic E-state index is 0.0181. The molecule has 0 saturated heterocycles. The fourth-order valence-corrected chi connectivity index (χ4v) is 9.12. The van der Waals surface area contributed by atoms with Crippen LogP contribution in [0.15, 0.2) is 232 Å². The smallest absolute Gasteiger partial charge is 0.193 e. The van der Waals surface area contributed by atoms with Gasteiger partial charge in [0.2, 0.25) is 0 Å². The van der Waals surface area contributed by atoms with Crippen molar-refractivity contribution in [3.05, 3.63) is 248 Å². The van der Waals surface area contributed by atoms with Crippen molar-refractivity contribution in [2.75, 3.05) is 0 Å². The molecule has 0 amide bonds. The van der Waals surface area contributed by atoms with Crippen molar-refractivity contribution in [1.29, 1.82) is 0 Å². The van der Waals surface area contributed by atoms with E-state index in [-0.39, 0.29) is 5.78 Å². The van der Waals surface area contributed by atoms with E-state index in [1.165, 1.54) is 54.6 Å². The minimum Gasteiger partial charge on any atom is -0.289 e. The number of hydrogen-bond acceptors (Lipinski definition) is 1. The molecule has 0 aliphatic heterocycles. The van der Waals surface area contributed by atoms with Crippen LogP contribution in [0.4, 0.5) is 0 Å². The average Bonchev–Trinajstić information content (AvgIpc) is 3.32. The van der Waals surface area contributed by atoms with Gasteiger partial charge in [0.15, 0.2) is 5.78 Å². The summed E-state index contributed by atoms with van der Waals surface area (Å²) >= 11 is 0. The van der Waals surface area contributed by atoms with Gasteiger partial charge in [-0.1, -0.05) is 219 Å². The summed E-state index contributed by atoms with van der Waals surface area (Å²) in [5.74, 6) is 0.0181. The van der Waals surface area contributed by atoms with Crippen LogP contribution in [-0.4, -0.2) is 5.78 Å². The standard InChI is InChI=1S/C59H40O/c1-3-18-39(4-2)44-35-36-53-54(38-44)57(40-19-7-5-8-20-40)50-28-14-11-25-47(50)56(53)42-33-31-41(32-34-42)55-48-26-12-15-29-51(48)58(52-30-16-13-27-49(52)55)45-23-17-24-46(37-45)59(60)43-21-9-6-10-22-43/h3-38H,1-2H2/b39-18+. The first-order valence-electron chi connectivity index (χ1n) is 20.4. The SMILES string of the molecule is C=C/C=C(\C=C)c1ccc2c(-c3ccc(-c4c5ccccc5c(-c5cccc(C(=O)c6ccccc6)c5)c5ccccc45)cc3)c3ccccc3c(-c3ccccc3)c2c1. The zero-order valence-corrected chi connectivity index (χ0v) is 33.1. The Hall–Kier alpha value is -7.87. The third kappa shape index (κ3) is 6.25. The largest absolute Gasteiger partial charge is 0.289 e. The van der Waals surface area contributed by atoms with Crippen LogP contribution in [-0.2, 0) is 0 Å². The second kappa shape index (κ2) is 15.5. The zero-order valence-electron chi connectivity index (χ0n) is 33.1. The molecule has 1 nitrogen and oxygen atoms in total. The Morgan fingerprint density at radius 3 is 1.23 bits per heavy atom. The molecule has 0 spiro atoms. The Bertz CT molecular complexity index is 3280. The molecule has 0 aromatic heterocycles. The topological polar surface area (TPSA) is 17.1 Å². The Morgan fingerprint density at radius 1 is 0.333 bits per heavy atom. The molecule has 282 valence electrons. The molecule has 0 fully saturated rings. The Labute approximate surface area is 350 Å². The summed E-state index contributed by atoms with van der Waals surface area (Å²) in [6, 6.07) is 70.4.